The standard InChI is InChI=1S/C13H15FN2O/c1-16-8-13(6-3-7-13)12(17)15-11-9(14)4-2-5-10(11)16/h2,4-5H,3,6-8H2,1H3,(H,15,17). The zero-order valence-electron chi connectivity index (χ0n) is 9.79. The molecule has 2 aliphatic rings. The Balaban J connectivity index is 2.07. The van der Waals surface area contributed by atoms with Crippen molar-refractivity contribution in [1.29, 1.82) is 0 Å². The molecular weight excluding hydrogens is 219 g/mol. The highest BCUT2D eigenvalue weighted by Gasteiger charge is 2.47. The first-order chi connectivity index (χ1) is 8.12. The lowest BCUT2D eigenvalue weighted by atomic mass is 9.68. The van der Waals surface area contributed by atoms with Gasteiger partial charge in [0.15, 0.2) is 0 Å². The second kappa shape index (κ2) is 3.45. The van der Waals surface area contributed by atoms with Gasteiger partial charge < -0.3 is 10.2 Å². The van der Waals surface area contributed by atoms with Gasteiger partial charge in [0.05, 0.1) is 11.1 Å². The average molecular weight is 234 g/mol. The van der Waals surface area contributed by atoms with Gasteiger partial charge >= 0.3 is 0 Å². The van der Waals surface area contributed by atoms with Crippen molar-refractivity contribution in [3.8, 4) is 0 Å². The van der Waals surface area contributed by atoms with E-state index in [1.165, 1.54) is 6.07 Å². The molecule has 0 unspecified atom stereocenters. The number of hydrogen-bond acceptors (Lipinski definition) is 2. The molecule has 1 amide bonds. The number of amides is 1. The van der Waals surface area contributed by atoms with Crippen LogP contribution in [0.5, 0.6) is 0 Å². The van der Waals surface area contributed by atoms with Gasteiger partial charge in [0.2, 0.25) is 5.91 Å². The molecule has 1 aromatic rings. The zero-order chi connectivity index (χ0) is 12.0. The van der Waals surface area contributed by atoms with Crippen LogP contribution >= 0.6 is 0 Å². The van der Waals surface area contributed by atoms with E-state index in [1.54, 1.807) is 6.07 Å². The number of nitrogens with zero attached hydrogens (tertiary/aromatic N) is 1. The summed E-state index contributed by atoms with van der Waals surface area (Å²) in [7, 11) is 1.92. The van der Waals surface area contributed by atoms with Crippen LogP contribution in [0.15, 0.2) is 18.2 Å². The van der Waals surface area contributed by atoms with Gasteiger partial charge in [-0.05, 0) is 25.0 Å². The van der Waals surface area contributed by atoms with Gasteiger partial charge in [-0.25, -0.2) is 4.39 Å². The molecule has 1 heterocycles. The van der Waals surface area contributed by atoms with E-state index in [0.717, 1.165) is 24.9 Å². The van der Waals surface area contributed by atoms with Crippen molar-refractivity contribution in [3.63, 3.8) is 0 Å². The molecule has 0 atom stereocenters. The first kappa shape index (κ1) is 10.6. The van der Waals surface area contributed by atoms with E-state index in [0.29, 0.717) is 12.2 Å². The zero-order valence-corrected chi connectivity index (χ0v) is 9.79. The maximum Gasteiger partial charge on any atom is 0.232 e. The van der Waals surface area contributed by atoms with Gasteiger partial charge in [-0.1, -0.05) is 12.5 Å². The highest BCUT2D eigenvalue weighted by atomic mass is 19.1. The summed E-state index contributed by atoms with van der Waals surface area (Å²) in [5.41, 5.74) is 0.783. The first-order valence-corrected chi connectivity index (χ1v) is 5.93. The van der Waals surface area contributed by atoms with E-state index in [4.69, 9.17) is 0 Å². The van der Waals surface area contributed by atoms with Crippen molar-refractivity contribution < 1.29 is 9.18 Å². The summed E-state index contributed by atoms with van der Waals surface area (Å²) in [5, 5.41) is 2.76. The molecule has 1 aliphatic carbocycles. The normalized spacial score (nSPS) is 21.5. The van der Waals surface area contributed by atoms with Crippen LogP contribution in [0.25, 0.3) is 0 Å². The molecule has 1 saturated carbocycles. The number of benzene rings is 1. The number of hydrogen-bond donors (Lipinski definition) is 1. The minimum atomic E-state index is -0.362. The molecule has 0 aromatic heterocycles. The molecule has 0 saturated heterocycles. The van der Waals surface area contributed by atoms with E-state index >= 15 is 0 Å². The molecule has 1 fully saturated rings. The van der Waals surface area contributed by atoms with Crippen LogP contribution in [0.1, 0.15) is 19.3 Å². The molecule has 1 aliphatic heterocycles. The summed E-state index contributed by atoms with van der Waals surface area (Å²) in [6, 6.07) is 4.90. The molecule has 3 rings (SSSR count). The SMILES string of the molecule is CN1CC2(CCC2)C(=O)Nc2c(F)cccc21. The summed E-state index contributed by atoms with van der Waals surface area (Å²) in [6.45, 7) is 0.676. The van der Waals surface area contributed by atoms with Gasteiger partial charge in [0.1, 0.15) is 11.5 Å². The van der Waals surface area contributed by atoms with Crippen LogP contribution in [0, 0.1) is 11.2 Å². The van der Waals surface area contributed by atoms with Gasteiger partial charge in [0, 0.05) is 13.6 Å². The Morgan fingerprint density at radius 3 is 2.82 bits per heavy atom. The first-order valence-electron chi connectivity index (χ1n) is 5.93. The predicted octanol–water partition coefficient (Wildman–Crippen LogP) is 2.38. The van der Waals surface area contributed by atoms with Gasteiger partial charge in [-0.2, -0.15) is 0 Å². The number of carbonyl (C=O) groups excluding carboxylic acids is 1. The number of para-hydroxylation sites is 1. The summed E-state index contributed by atoms with van der Waals surface area (Å²) in [4.78, 5) is 14.2. The summed E-state index contributed by atoms with van der Waals surface area (Å²) < 4.78 is 13.7. The highest BCUT2D eigenvalue weighted by Crippen LogP contribution is 2.46. The van der Waals surface area contributed by atoms with Crippen molar-refractivity contribution in [2.24, 2.45) is 5.41 Å². The smallest absolute Gasteiger partial charge is 0.232 e. The van der Waals surface area contributed by atoms with E-state index in [1.807, 2.05) is 18.0 Å². The third-order valence-corrected chi connectivity index (χ3v) is 3.97. The Morgan fingerprint density at radius 1 is 1.41 bits per heavy atom. The Kier molecular flexibility index (Phi) is 2.15. The molecule has 3 nitrogen and oxygen atoms in total. The number of anilines is 2. The summed E-state index contributed by atoms with van der Waals surface area (Å²) in [6.07, 6.45) is 2.89. The molecule has 1 aromatic carbocycles. The van der Waals surface area contributed by atoms with Gasteiger partial charge in [-0.3, -0.25) is 4.79 Å². The number of nitrogens with one attached hydrogen (secondary N) is 1. The number of halogens is 1. The van der Waals surface area contributed by atoms with Crippen LogP contribution in [0.2, 0.25) is 0 Å². The fourth-order valence-corrected chi connectivity index (χ4v) is 2.80. The van der Waals surface area contributed by atoms with Crippen LogP contribution in [-0.2, 0) is 4.79 Å². The predicted molar refractivity (Wildman–Crippen MR) is 64.6 cm³/mol. The Hall–Kier alpha value is -1.58. The van der Waals surface area contributed by atoms with Crippen LogP contribution in [0.4, 0.5) is 15.8 Å². The fourth-order valence-electron chi connectivity index (χ4n) is 2.80. The highest BCUT2D eigenvalue weighted by molar-refractivity contribution is 6.00. The fraction of sp³-hybridized carbons (Fsp3) is 0.462. The van der Waals surface area contributed by atoms with Crippen LogP contribution in [-0.4, -0.2) is 19.5 Å². The molecule has 1 N–H and O–H groups in total. The second-order valence-corrected chi connectivity index (χ2v) is 5.08. The number of carbonyl (C=O) groups is 1. The van der Waals surface area contributed by atoms with E-state index in [9.17, 15) is 9.18 Å². The number of fused-ring (bicyclic) bond motifs is 1. The minimum Gasteiger partial charge on any atom is -0.372 e. The second-order valence-electron chi connectivity index (χ2n) is 5.08. The van der Waals surface area contributed by atoms with Crippen molar-refractivity contribution in [1.82, 2.24) is 0 Å². The number of rotatable bonds is 0. The molecule has 1 spiro atoms. The molecule has 4 heteroatoms. The summed E-state index contributed by atoms with van der Waals surface area (Å²) >= 11 is 0. The molecule has 90 valence electrons. The third kappa shape index (κ3) is 1.43. The Labute approximate surface area is 99.6 Å². The molecule has 0 radical (unpaired) electrons. The van der Waals surface area contributed by atoms with E-state index < -0.39 is 0 Å². The lowest BCUT2D eigenvalue weighted by Gasteiger charge is -2.40. The Morgan fingerprint density at radius 2 is 2.18 bits per heavy atom. The van der Waals surface area contributed by atoms with Gasteiger partial charge in [0.25, 0.3) is 0 Å². The molecule has 17 heavy (non-hydrogen) atoms. The molecular formula is C13H15FN2O. The van der Waals surface area contributed by atoms with Crippen molar-refractivity contribution >= 4 is 17.3 Å². The monoisotopic (exact) mass is 234 g/mol. The van der Waals surface area contributed by atoms with Crippen molar-refractivity contribution in [2.75, 3.05) is 23.8 Å². The maximum absolute atomic E-state index is 13.7. The van der Waals surface area contributed by atoms with E-state index in [-0.39, 0.29) is 17.1 Å². The third-order valence-electron chi connectivity index (χ3n) is 3.97. The maximum atomic E-state index is 13.7. The molecule has 0 bridgehead atoms. The topological polar surface area (TPSA) is 32.3 Å². The van der Waals surface area contributed by atoms with Gasteiger partial charge in [-0.15, -0.1) is 0 Å². The average Bonchev–Trinajstić information content (AvgIpc) is 2.36. The lowest BCUT2D eigenvalue weighted by Crippen LogP contribution is -2.47. The Bertz CT molecular complexity index is 482. The quantitative estimate of drug-likeness (QED) is 0.747. The van der Waals surface area contributed by atoms with E-state index in [2.05, 4.69) is 5.32 Å². The van der Waals surface area contributed by atoms with Crippen molar-refractivity contribution in [2.45, 2.75) is 19.3 Å². The summed E-state index contributed by atoms with van der Waals surface area (Å²) in [5.74, 6) is -0.390. The lowest BCUT2D eigenvalue weighted by molar-refractivity contribution is -0.129. The largest absolute Gasteiger partial charge is 0.372 e. The van der Waals surface area contributed by atoms with Crippen LogP contribution < -0.4 is 10.2 Å². The van der Waals surface area contributed by atoms with Crippen LogP contribution in [0.3, 0.4) is 0 Å². The van der Waals surface area contributed by atoms with Crippen molar-refractivity contribution in [3.05, 3.63) is 24.0 Å². The minimum absolute atomic E-state index is 0.0283.